The maximum Gasteiger partial charge on any atom is 0.271 e. The molecule has 0 aromatic heterocycles. The van der Waals surface area contributed by atoms with Crippen molar-refractivity contribution in [2.24, 2.45) is 0 Å². The summed E-state index contributed by atoms with van der Waals surface area (Å²) in [6.45, 7) is 2.21. The molecule has 0 aliphatic heterocycles. The van der Waals surface area contributed by atoms with E-state index in [1.807, 2.05) is 6.92 Å². The van der Waals surface area contributed by atoms with Crippen LogP contribution in [0.15, 0.2) is 30.3 Å². The molecular weight excluding hydrogens is 354 g/mol. The molecule has 0 bridgehead atoms. The van der Waals surface area contributed by atoms with Crippen LogP contribution in [0, 0.1) is 22.5 Å². The third-order valence-electron chi connectivity index (χ3n) is 3.91. The summed E-state index contributed by atoms with van der Waals surface area (Å²) < 4.78 is 33.3. The minimum absolute atomic E-state index is 0.00522. The Kier molecular flexibility index (Phi) is 6.23. The second-order valence-electron chi connectivity index (χ2n) is 5.73. The van der Waals surface area contributed by atoms with Crippen LogP contribution in [0.1, 0.15) is 18.9 Å². The molecule has 0 heterocycles. The molecule has 0 fully saturated rings. The number of anilines is 1. The van der Waals surface area contributed by atoms with Crippen LogP contribution in [-0.2, 0) is 4.79 Å². The molecule has 0 unspecified atom stereocenters. The predicted octanol–water partition coefficient (Wildman–Crippen LogP) is 3.14. The molecule has 2 aromatic rings. The molecule has 6 nitrogen and oxygen atoms in total. The maximum atomic E-state index is 14.5. The third-order valence-corrected chi connectivity index (χ3v) is 3.91. The van der Waals surface area contributed by atoms with Crippen molar-refractivity contribution in [2.45, 2.75) is 13.3 Å². The van der Waals surface area contributed by atoms with Crippen LogP contribution in [0.5, 0.6) is 5.75 Å². The van der Waals surface area contributed by atoms with Crippen molar-refractivity contribution in [1.82, 2.24) is 5.32 Å². The summed E-state index contributed by atoms with van der Waals surface area (Å²) in [6, 6.07) is 5.83. The molecule has 0 saturated heterocycles. The van der Waals surface area contributed by atoms with Crippen LogP contribution in [0.25, 0.3) is 11.1 Å². The number of methoxy groups -OCH3 is 1. The minimum Gasteiger partial charge on any atom is -0.496 e. The lowest BCUT2D eigenvalue weighted by molar-refractivity contribution is -0.114. The Bertz CT molecular complexity index is 913. The van der Waals surface area contributed by atoms with Gasteiger partial charge >= 0.3 is 0 Å². The first-order valence-electron chi connectivity index (χ1n) is 8.19. The zero-order valence-corrected chi connectivity index (χ0v) is 15.0. The molecule has 27 heavy (non-hydrogen) atoms. The number of rotatable bonds is 7. The van der Waals surface area contributed by atoms with E-state index in [-0.39, 0.29) is 28.1 Å². The summed E-state index contributed by atoms with van der Waals surface area (Å²) >= 11 is 0. The average Bonchev–Trinajstić information content (AvgIpc) is 2.65. The zero-order chi connectivity index (χ0) is 20.1. The number of amides is 1. The van der Waals surface area contributed by atoms with Crippen LogP contribution < -0.4 is 15.8 Å². The number of benzene rings is 2. The topological polar surface area (TPSA) is 112 Å². The summed E-state index contributed by atoms with van der Waals surface area (Å²) in [4.78, 5) is 11.9. The van der Waals surface area contributed by atoms with Gasteiger partial charge in [-0.25, -0.2) is 8.78 Å². The summed E-state index contributed by atoms with van der Waals surface area (Å²) in [5, 5.41) is 18.5. The second-order valence-corrected chi connectivity index (χ2v) is 5.73. The Hall–Kier alpha value is -3.29. The number of hydrogen-bond donors (Lipinski definition) is 4. The van der Waals surface area contributed by atoms with E-state index in [1.165, 1.54) is 19.2 Å². The molecule has 1 amide bonds. The normalized spacial score (nSPS) is 10.4. The van der Waals surface area contributed by atoms with Crippen LogP contribution in [-0.4, -0.2) is 31.0 Å². The van der Waals surface area contributed by atoms with E-state index < -0.39 is 29.0 Å². The summed E-state index contributed by atoms with van der Waals surface area (Å²) in [5.41, 5.74) is 4.71. The highest BCUT2D eigenvalue weighted by Crippen LogP contribution is 2.38. The van der Waals surface area contributed by atoms with Gasteiger partial charge in [0.1, 0.15) is 23.1 Å². The molecule has 0 spiro atoms. The Morgan fingerprint density at radius 2 is 1.93 bits per heavy atom. The van der Waals surface area contributed by atoms with Crippen LogP contribution in [0.4, 0.5) is 14.5 Å². The molecule has 0 aliphatic rings. The van der Waals surface area contributed by atoms with Gasteiger partial charge in [-0.3, -0.25) is 15.6 Å². The van der Waals surface area contributed by atoms with Crippen molar-refractivity contribution in [1.29, 1.82) is 10.8 Å². The van der Waals surface area contributed by atoms with E-state index in [4.69, 9.17) is 21.3 Å². The standard InChI is InChI=1S/C19H20F2N4O2/c1-3-8-25-19(26)18(24)17(23)11-5-6-13(21)15(16(11)22)12-9-10(20)4-7-14(12)27-2/h4-7,9,23-24H,3,8,22H2,1-2H3,(H,25,26). The van der Waals surface area contributed by atoms with E-state index in [2.05, 4.69) is 5.32 Å². The molecule has 2 rings (SSSR count). The Balaban J connectivity index is 2.53. The van der Waals surface area contributed by atoms with Gasteiger partial charge in [0.05, 0.1) is 18.5 Å². The Morgan fingerprint density at radius 1 is 1.22 bits per heavy atom. The summed E-state index contributed by atoms with van der Waals surface area (Å²) in [5.74, 6) is -1.89. The van der Waals surface area contributed by atoms with Crippen LogP contribution in [0.3, 0.4) is 0 Å². The molecule has 0 radical (unpaired) electrons. The number of hydrogen-bond acceptors (Lipinski definition) is 5. The maximum absolute atomic E-state index is 14.5. The fourth-order valence-electron chi connectivity index (χ4n) is 2.54. The highest BCUT2D eigenvalue weighted by atomic mass is 19.1. The van der Waals surface area contributed by atoms with Gasteiger partial charge in [0, 0.05) is 23.2 Å². The molecule has 5 N–H and O–H groups in total. The number of ether oxygens (including phenoxy) is 1. The second kappa shape index (κ2) is 8.39. The fourth-order valence-corrected chi connectivity index (χ4v) is 2.54. The molecule has 142 valence electrons. The Morgan fingerprint density at radius 3 is 2.56 bits per heavy atom. The van der Waals surface area contributed by atoms with Gasteiger partial charge in [-0.2, -0.15) is 0 Å². The van der Waals surface area contributed by atoms with Gasteiger partial charge < -0.3 is 15.8 Å². The summed E-state index contributed by atoms with van der Waals surface area (Å²) in [7, 11) is 1.35. The highest BCUT2D eigenvalue weighted by molar-refractivity contribution is 6.68. The largest absolute Gasteiger partial charge is 0.496 e. The first-order chi connectivity index (χ1) is 12.8. The fraction of sp³-hybridized carbons (Fsp3) is 0.211. The quantitative estimate of drug-likeness (QED) is 0.441. The van der Waals surface area contributed by atoms with E-state index in [1.54, 1.807) is 0 Å². The highest BCUT2D eigenvalue weighted by Gasteiger charge is 2.23. The van der Waals surface area contributed by atoms with E-state index >= 15 is 0 Å². The lowest BCUT2D eigenvalue weighted by atomic mass is 9.95. The smallest absolute Gasteiger partial charge is 0.271 e. The Labute approximate surface area is 155 Å². The van der Waals surface area contributed by atoms with Crippen molar-refractivity contribution < 1.29 is 18.3 Å². The first kappa shape index (κ1) is 20.0. The average molecular weight is 374 g/mol. The van der Waals surface area contributed by atoms with Crippen molar-refractivity contribution in [3.63, 3.8) is 0 Å². The van der Waals surface area contributed by atoms with E-state index in [0.29, 0.717) is 13.0 Å². The van der Waals surface area contributed by atoms with E-state index in [0.717, 1.165) is 18.2 Å². The van der Waals surface area contributed by atoms with Crippen molar-refractivity contribution in [3.8, 4) is 16.9 Å². The van der Waals surface area contributed by atoms with Crippen LogP contribution >= 0.6 is 0 Å². The van der Waals surface area contributed by atoms with Crippen LogP contribution in [0.2, 0.25) is 0 Å². The number of halogens is 2. The van der Waals surface area contributed by atoms with E-state index in [9.17, 15) is 13.6 Å². The monoisotopic (exact) mass is 374 g/mol. The predicted molar refractivity (Wildman–Crippen MR) is 101 cm³/mol. The molecule has 0 atom stereocenters. The van der Waals surface area contributed by atoms with Crippen molar-refractivity contribution in [3.05, 3.63) is 47.5 Å². The molecule has 8 heteroatoms. The van der Waals surface area contributed by atoms with Crippen molar-refractivity contribution in [2.75, 3.05) is 19.4 Å². The number of carbonyl (C=O) groups excluding carboxylic acids is 1. The lowest BCUT2D eigenvalue weighted by Gasteiger charge is -2.16. The third kappa shape index (κ3) is 4.11. The van der Waals surface area contributed by atoms with Gasteiger partial charge in [-0.1, -0.05) is 6.92 Å². The zero-order valence-electron chi connectivity index (χ0n) is 15.0. The number of nitrogens with two attached hydrogens (primary N) is 1. The van der Waals surface area contributed by atoms with Gasteiger partial charge in [-0.05, 0) is 36.8 Å². The lowest BCUT2D eigenvalue weighted by Crippen LogP contribution is -2.36. The van der Waals surface area contributed by atoms with Crippen molar-refractivity contribution >= 4 is 23.0 Å². The minimum atomic E-state index is -0.741. The summed E-state index contributed by atoms with van der Waals surface area (Å²) in [6.07, 6.45) is 0.675. The van der Waals surface area contributed by atoms with Gasteiger partial charge in [0.2, 0.25) is 0 Å². The van der Waals surface area contributed by atoms with Gasteiger partial charge in [0.15, 0.2) is 0 Å². The van der Waals surface area contributed by atoms with Gasteiger partial charge in [0.25, 0.3) is 5.91 Å². The SMILES string of the molecule is CCCNC(=O)C(=N)C(=N)c1ccc(F)c(-c2cc(F)ccc2OC)c1N. The number of nitrogen functional groups attached to an aromatic ring is 1. The molecular formula is C19H20F2N4O2. The van der Waals surface area contributed by atoms with Gasteiger partial charge in [-0.15, -0.1) is 0 Å². The molecule has 0 aliphatic carbocycles. The molecule has 0 saturated carbocycles. The number of carbonyl (C=O) groups is 1. The molecule has 2 aromatic carbocycles. The number of nitrogens with one attached hydrogen (secondary N) is 3. The first-order valence-corrected chi connectivity index (χ1v) is 8.19.